The molecule has 3 aliphatic heterocycles. The van der Waals surface area contributed by atoms with Crippen LogP contribution in [0.2, 0.25) is 0 Å². The van der Waals surface area contributed by atoms with Crippen LogP contribution in [0.15, 0.2) is 42.5 Å². The Morgan fingerprint density at radius 1 is 1.10 bits per heavy atom. The van der Waals surface area contributed by atoms with Crippen LogP contribution in [-0.4, -0.2) is 40.7 Å². The molecule has 5 rings (SSSR count). The first-order valence-corrected chi connectivity index (χ1v) is 10.4. The van der Waals surface area contributed by atoms with Crippen LogP contribution in [0.1, 0.15) is 41.3 Å². The first kappa shape index (κ1) is 19.3. The second kappa shape index (κ2) is 7.23. The van der Waals surface area contributed by atoms with E-state index in [0.29, 0.717) is 17.7 Å². The Bertz CT molecular complexity index is 1130. The predicted octanol–water partition coefficient (Wildman–Crippen LogP) is 2.43. The molecule has 2 N–H and O–H groups in total. The molecule has 2 aromatic rings. The Labute approximate surface area is 179 Å². The van der Waals surface area contributed by atoms with Crippen LogP contribution in [0.4, 0.5) is 16.2 Å². The number of imide groups is 1. The van der Waals surface area contributed by atoms with Crippen LogP contribution in [0.25, 0.3) is 0 Å². The smallest absolute Gasteiger partial charge is 0.322 e. The maximum atomic E-state index is 13.0. The third-order valence-electron chi connectivity index (χ3n) is 6.20. The van der Waals surface area contributed by atoms with Crippen molar-refractivity contribution in [2.75, 3.05) is 10.2 Å². The van der Waals surface area contributed by atoms with Crippen molar-refractivity contribution in [3.63, 3.8) is 0 Å². The fourth-order valence-corrected chi connectivity index (χ4v) is 4.71. The zero-order valence-corrected chi connectivity index (χ0v) is 17.1. The Hall–Kier alpha value is -3.68. The summed E-state index contributed by atoms with van der Waals surface area (Å²) in [4.78, 5) is 52.7. The maximum Gasteiger partial charge on any atom is 0.326 e. The number of amides is 5. The molecular weight excluding hydrogens is 396 g/mol. The molecule has 0 bridgehead atoms. The van der Waals surface area contributed by atoms with Crippen LogP contribution >= 0.6 is 0 Å². The van der Waals surface area contributed by atoms with Gasteiger partial charge in [-0.25, -0.2) is 4.79 Å². The fraction of sp³-hybridized carbons (Fsp3) is 0.304. The number of rotatable bonds is 2. The largest absolute Gasteiger partial charge is 0.326 e. The van der Waals surface area contributed by atoms with Crippen molar-refractivity contribution in [2.45, 2.75) is 44.8 Å². The van der Waals surface area contributed by atoms with E-state index in [-0.39, 0.29) is 36.9 Å². The lowest BCUT2D eigenvalue weighted by Crippen LogP contribution is -2.52. The van der Waals surface area contributed by atoms with Crippen molar-refractivity contribution in [1.29, 1.82) is 0 Å². The number of hydrogen-bond acceptors (Lipinski definition) is 4. The number of benzene rings is 2. The number of carbonyl (C=O) groups excluding carboxylic acids is 4. The normalized spacial score (nSPS) is 22.3. The van der Waals surface area contributed by atoms with Crippen LogP contribution in [0.3, 0.4) is 0 Å². The van der Waals surface area contributed by atoms with E-state index in [1.54, 1.807) is 23.1 Å². The van der Waals surface area contributed by atoms with Crippen LogP contribution in [0, 0.1) is 0 Å². The molecule has 3 heterocycles. The van der Waals surface area contributed by atoms with Gasteiger partial charge in [-0.05, 0) is 55.2 Å². The van der Waals surface area contributed by atoms with Crippen LogP contribution in [0.5, 0.6) is 0 Å². The van der Waals surface area contributed by atoms with Gasteiger partial charge in [0, 0.05) is 35.9 Å². The van der Waals surface area contributed by atoms with Crippen molar-refractivity contribution in [3.8, 4) is 0 Å². The summed E-state index contributed by atoms with van der Waals surface area (Å²) in [6.07, 6.45) is 1.34. The van der Waals surface area contributed by atoms with Crippen LogP contribution in [-0.2, 0) is 22.6 Å². The molecule has 0 spiro atoms. The number of urea groups is 1. The van der Waals surface area contributed by atoms with Gasteiger partial charge < -0.3 is 10.2 Å². The Morgan fingerprint density at radius 2 is 1.90 bits per heavy atom. The molecule has 3 aliphatic rings. The molecule has 1 saturated heterocycles. The van der Waals surface area contributed by atoms with Crippen molar-refractivity contribution >= 4 is 35.1 Å². The molecule has 0 saturated carbocycles. The number of nitrogens with zero attached hydrogens (tertiary/aromatic N) is 2. The summed E-state index contributed by atoms with van der Waals surface area (Å²) in [5, 5.41) is 5.24. The summed E-state index contributed by atoms with van der Waals surface area (Å²) in [7, 11) is 0. The number of anilines is 2. The van der Waals surface area contributed by atoms with Gasteiger partial charge in [0.2, 0.25) is 11.8 Å². The van der Waals surface area contributed by atoms with E-state index in [1.807, 2.05) is 31.2 Å². The first-order valence-electron chi connectivity index (χ1n) is 10.4. The number of piperidine rings is 1. The van der Waals surface area contributed by atoms with Gasteiger partial charge in [0.05, 0.1) is 0 Å². The lowest BCUT2D eigenvalue weighted by atomic mass is 10.0. The summed E-state index contributed by atoms with van der Waals surface area (Å²) < 4.78 is 0. The van der Waals surface area contributed by atoms with E-state index >= 15 is 0 Å². The summed E-state index contributed by atoms with van der Waals surface area (Å²) in [6.45, 7) is 2.28. The van der Waals surface area contributed by atoms with Crippen LogP contribution < -0.4 is 15.5 Å². The molecule has 1 unspecified atom stereocenters. The molecule has 8 nitrogen and oxygen atoms in total. The third kappa shape index (κ3) is 3.24. The minimum absolute atomic E-state index is 0.0522. The summed E-state index contributed by atoms with van der Waals surface area (Å²) in [5.41, 5.74) is 3.92. The van der Waals surface area contributed by atoms with Gasteiger partial charge in [0.15, 0.2) is 0 Å². The van der Waals surface area contributed by atoms with Crippen molar-refractivity contribution in [1.82, 2.24) is 10.2 Å². The van der Waals surface area contributed by atoms with Crippen molar-refractivity contribution in [2.24, 2.45) is 0 Å². The molecule has 158 valence electrons. The SMILES string of the molecule is C[C@@H]1Cc2ccccc2N1C(=O)Nc1ccc2c(c1)CN(C1CCC(=O)NC1=O)C2=O. The lowest BCUT2D eigenvalue weighted by molar-refractivity contribution is -0.136. The van der Waals surface area contributed by atoms with E-state index < -0.39 is 11.9 Å². The van der Waals surface area contributed by atoms with Gasteiger partial charge in [-0.1, -0.05) is 18.2 Å². The molecule has 1 fully saturated rings. The summed E-state index contributed by atoms with van der Waals surface area (Å²) in [6, 6.07) is 12.2. The first-order chi connectivity index (χ1) is 14.9. The third-order valence-corrected chi connectivity index (χ3v) is 6.20. The highest BCUT2D eigenvalue weighted by Gasteiger charge is 2.39. The minimum atomic E-state index is -0.655. The maximum absolute atomic E-state index is 13.0. The average molecular weight is 418 g/mol. The van der Waals surface area contributed by atoms with Gasteiger partial charge in [-0.3, -0.25) is 24.6 Å². The van der Waals surface area contributed by atoms with Crippen molar-refractivity contribution in [3.05, 3.63) is 59.2 Å². The second-order valence-electron chi connectivity index (χ2n) is 8.25. The summed E-state index contributed by atoms with van der Waals surface area (Å²) >= 11 is 0. The molecule has 0 aromatic heterocycles. The molecule has 0 radical (unpaired) electrons. The zero-order valence-electron chi connectivity index (χ0n) is 17.1. The number of fused-ring (bicyclic) bond motifs is 2. The molecular formula is C23H22N4O4. The second-order valence-corrected chi connectivity index (χ2v) is 8.25. The average Bonchev–Trinajstić information content (AvgIpc) is 3.24. The highest BCUT2D eigenvalue weighted by Crippen LogP contribution is 2.33. The molecule has 2 aromatic carbocycles. The fourth-order valence-electron chi connectivity index (χ4n) is 4.71. The topological polar surface area (TPSA) is 98.8 Å². The van der Waals surface area contributed by atoms with Gasteiger partial charge in [0.1, 0.15) is 6.04 Å². The Morgan fingerprint density at radius 3 is 2.71 bits per heavy atom. The number of para-hydroxylation sites is 1. The van der Waals surface area contributed by atoms with E-state index in [1.165, 1.54) is 4.90 Å². The Kier molecular flexibility index (Phi) is 4.50. The standard InChI is InChI=1S/C23H22N4O4/c1-13-10-14-4-2-3-5-18(14)27(13)23(31)24-16-6-7-17-15(11-16)12-26(22(17)30)19-8-9-20(28)25-21(19)29/h2-7,11,13,19H,8-10,12H2,1H3,(H,24,31)(H,25,28,29)/t13-,19?/m1/s1. The number of hydrogen-bond donors (Lipinski definition) is 2. The molecule has 5 amide bonds. The number of nitrogens with one attached hydrogen (secondary N) is 2. The van der Waals surface area contributed by atoms with Gasteiger partial charge >= 0.3 is 6.03 Å². The van der Waals surface area contributed by atoms with E-state index in [0.717, 1.165) is 23.2 Å². The molecule has 31 heavy (non-hydrogen) atoms. The molecule has 0 aliphatic carbocycles. The quantitative estimate of drug-likeness (QED) is 0.732. The van der Waals surface area contributed by atoms with Gasteiger partial charge in [0.25, 0.3) is 5.91 Å². The van der Waals surface area contributed by atoms with E-state index in [9.17, 15) is 19.2 Å². The zero-order chi connectivity index (χ0) is 21.7. The molecule has 8 heteroatoms. The summed E-state index contributed by atoms with van der Waals surface area (Å²) in [5.74, 6) is -0.981. The van der Waals surface area contributed by atoms with E-state index in [4.69, 9.17) is 0 Å². The number of carbonyl (C=O) groups is 4. The van der Waals surface area contributed by atoms with Gasteiger partial charge in [-0.15, -0.1) is 0 Å². The highest BCUT2D eigenvalue weighted by molar-refractivity contribution is 6.07. The highest BCUT2D eigenvalue weighted by atomic mass is 16.2. The van der Waals surface area contributed by atoms with E-state index in [2.05, 4.69) is 10.6 Å². The minimum Gasteiger partial charge on any atom is -0.322 e. The Balaban J connectivity index is 1.33. The predicted molar refractivity (Wildman–Crippen MR) is 114 cm³/mol. The monoisotopic (exact) mass is 418 g/mol. The molecule has 2 atom stereocenters. The van der Waals surface area contributed by atoms with Crippen molar-refractivity contribution < 1.29 is 19.2 Å². The lowest BCUT2D eigenvalue weighted by Gasteiger charge is -2.29. The van der Waals surface area contributed by atoms with Gasteiger partial charge in [-0.2, -0.15) is 0 Å².